The maximum Gasteiger partial charge on any atom is 0.251 e. The van der Waals surface area contributed by atoms with Crippen molar-refractivity contribution in [1.82, 2.24) is 10.6 Å². The van der Waals surface area contributed by atoms with Crippen LogP contribution < -0.4 is 10.6 Å². The number of benzene rings is 1. The van der Waals surface area contributed by atoms with Crippen LogP contribution in [0.25, 0.3) is 0 Å². The summed E-state index contributed by atoms with van der Waals surface area (Å²) >= 11 is 0. The number of hydrogen-bond acceptors (Lipinski definition) is 3. The van der Waals surface area contributed by atoms with Gasteiger partial charge in [0.05, 0.1) is 0 Å². The summed E-state index contributed by atoms with van der Waals surface area (Å²) in [5.74, 6) is 0.260. The highest BCUT2D eigenvalue weighted by molar-refractivity contribution is 5.94. The van der Waals surface area contributed by atoms with Crippen LogP contribution in [0.4, 0.5) is 0 Å². The molecule has 4 nitrogen and oxygen atoms in total. The Labute approximate surface area is 120 Å². The minimum atomic E-state index is -0.0504. The molecule has 4 heteroatoms. The number of aliphatic hydroxyl groups excluding tert-OH is 1. The Bertz CT molecular complexity index is 472. The zero-order valence-corrected chi connectivity index (χ0v) is 12.3. The normalized spacial score (nSPS) is 15.8. The average Bonchev–Trinajstić information content (AvgIpc) is 2.46. The molecule has 2 rings (SSSR count). The lowest BCUT2D eigenvalue weighted by Crippen LogP contribution is -2.39. The lowest BCUT2D eigenvalue weighted by Gasteiger charge is -2.22. The highest BCUT2D eigenvalue weighted by atomic mass is 16.3. The van der Waals surface area contributed by atoms with E-state index >= 15 is 0 Å². The van der Waals surface area contributed by atoms with Crippen molar-refractivity contribution in [2.75, 3.05) is 13.2 Å². The van der Waals surface area contributed by atoms with Gasteiger partial charge in [0.2, 0.25) is 0 Å². The number of fused-ring (bicyclic) bond motifs is 1. The predicted octanol–water partition coefficient (Wildman–Crippen LogP) is 1.47. The summed E-state index contributed by atoms with van der Waals surface area (Å²) in [6, 6.07) is 5.95. The molecule has 0 radical (unpaired) electrons. The van der Waals surface area contributed by atoms with Crippen LogP contribution in [-0.4, -0.2) is 30.2 Å². The van der Waals surface area contributed by atoms with Gasteiger partial charge in [-0.25, -0.2) is 0 Å². The summed E-state index contributed by atoms with van der Waals surface area (Å²) < 4.78 is 0. The van der Waals surface area contributed by atoms with Gasteiger partial charge in [0.15, 0.2) is 0 Å². The van der Waals surface area contributed by atoms with Crippen LogP contribution in [0.2, 0.25) is 0 Å². The molecule has 0 fully saturated rings. The van der Waals surface area contributed by atoms with E-state index in [1.165, 1.54) is 11.1 Å². The van der Waals surface area contributed by atoms with Crippen LogP contribution in [-0.2, 0) is 13.0 Å². The van der Waals surface area contributed by atoms with E-state index in [-0.39, 0.29) is 18.6 Å². The standard InChI is InChI=1S/C16H24N2O2/c1-11(2)15(6-8-19)18-16(20)13-4-3-12-5-7-17-10-14(12)9-13/h3-4,9,11,15,17,19H,5-8,10H2,1-2H3,(H,18,20). The van der Waals surface area contributed by atoms with Gasteiger partial charge in [0.1, 0.15) is 0 Å². The predicted molar refractivity (Wildman–Crippen MR) is 79.6 cm³/mol. The summed E-state index contributed by atoms with van der Waals surface area (Å²) in [6.07, 6.45) is 1.62. The monoisotopic (exact) mass is 276 g/mol. The molecule has 0 aromatic heterocycles. The number of nitrogens with one attached hydrogen (secondary N) is 2. The second kappa shape index (κ2) is 6.86. The summed E-state index contributed by atoms with van der Waals surface area (Å²) in [7, 11) is 0. The first-order valence-electron chi connectivity index (χ1n) is 7.36. The van der Waals surface area contributed by atoms with Gasteiger partial charge in [-0.1, -0.05) is 19.9 Å². The lowest BCUT2D eigenvalue weighted by molar-refractivity contribution is 0.0916. The molecular weight excluding hydrogens is 252 g/mol. The van der Waals surface area contributed by atoms with Crippen LogP contribution in [0.3, 0.4) is 0 Å². The number of rotatable bonds is 5. The second-order valence-corrected chi connectivity index (χ2v) is 5.75. The minimum Gasteiger partial charge on any atom is -0.396 e. The first kappa shape index (κ1) is 15.0. The maximum atomic E-state index is 12.3. The van der Waals surface area contributed by atoms with E-state index in [0.717, 1.165) is 19.5 Å². The van der Waals surface area contributed by atoms with Crippen molar-refractivity contribution in [3.8, 4) is 0 Å². The van der Waals surface area contributed by atoms with Gasteiger partial charge >= 0.3 is 0 Å². The highest BCUT2D eigenvalue weighted by Crippen LogP contribution is 2.16. The molecule has 1 aliphatic rings. The van der Waals surface area contributed by atoms with Crippen LogP contribution in [0.15, 0.2) is 18.2 Å². The summed E-state index contributed by atoms with van der Waals surface area (Å²) in [5, 5.41) is 15.4. The van der Waals surface area contributed by atoms with E-state index in [0.29, 0.717) is 17.9 Å². The van der Waals surface area contributed by atoms with E-state index in [4.69, 9.17) is 5.11 Å². The fraction of sp³-hybridized carbons (Fsp3) is 0.562. The van der Waals surface area contributed by atoms with Crippen LogP contribution in [0.1, 0.15) is 41.8 Å². The smallest absolute Gasteiger partial charge is 0.251 e. The quantitative estimate of drug-likeness (QED) is 0.763. The van der Waals surface area contributed by atoms with Crippen molar-refractivity contribution in [2.45, 2.75) is 39.3 Å². The Balaban J connectivity index is 2.08. The Kier molecular flexibility index (Phi) is 5.15. The van der Waals surface area contributed by atoms with Gasteiger partial charge in [-0.15, -0.1) is 0 Å². The number of aliphatic hydroxyl groups is 1. The molecule has 0 saturated carbocycles. The second-order valence-electron chi connectivity index (χ2n) is 5.75. The Hall–Kier alpha value is -1.39. The van der Waals surface area contributed by atoms with Crippen molar-refractivity contribution >= 4 is 5.91 Å². The minimum absolute atomic E-state index is 0.0154. The van der Waals surface area contributed by atoms with E-state index in [1.807, 2.05) is 12.1 Å². The molecule has 1 unspecified atom stereocenters. The number of hydrogen-bond donors (Lipinski definition) is 3. The topological polar surface area (TPSA) is 61.4 Å². The van der Waals surface area contributed by atoms with Crippen molar-refractivity contribution < 1.29 is 9.90 Å². The molecular formula is C16H24N2O2. The van der Waals surface area contributed by atoms with Crippen molar-refractivity contribution in [3.05, 3.63) is 34.9 Å². The van der Waals surface area contributed by atoms with Gasteiger partial charge in [-0.2, -0.15) is 0 Å². The van der Waals surface area contributed by atoms with Gasteiger partial charge in [-0.3, -0.25) is 4.79 Å². The molecule has 110 valence electrons. The first-order valence-corrected chi connectivity index (χ1v) is 7.36. The van der Waals surface area contributed by atoms with Crippen LogP contribution in [0, 0.1) is 5.92 Å². The zero-order chi connectivity index (χ0) is 14.5. The van der Waals surface area contributed by atoms with Gasteiger partial charge in [0, 0.05) is 24.8 Å². The third kappa shape index (κ3) is 3.58. The molecule has 0 saturated heterocycles. The third-order valence-corrected chi connectivity index (χ3v) is 3.92. The molecule has 1 aromatic carbocycles. The molecule has 1 atom stereocenters. The van der Waals surface area contributed by atoms with E-state index < -0.39 is 0 Å². The maximum absolute atomic E-state index is 12.3. The molecule has 0 aliphatic carbocycles. The SMILES string of the molecule is CC(C)C(CCO)NC(=O)c1ccc2c(c1)CNCC2. The largest absolute Gasteiger partial charge is 0.396 e. The van der Waals surface area contributed by atoms with E-state index in [2.05, 4.69) is 30.5 Å². The Morgan fingerprint density at radius 2 is 2.20 bits per heavy atom. The fourth-order valence-corrected chi connectivity index (χ4v) is 2.58. The van der Waals surface area contributed by atoms with Crippen molar-refractivity contribution in [1.29, 1.82) is 0 Å². The molecule has 1 heterocycles. The molecule has 1 amide bonds. The highest BCUT2D eigenvalue weighted by Gasteiger charge is 2.18. The van der Waals surface area contributed by atoms with Crippen LogP contribution in [0.5, 0.6) is 0 Å². The van der Waals surface area contributed by atoms with Gasteiger partial charge < -0.3 is 15.7 Å². The molecule has 1 aliphatic heterocycles. The van der Waals surface area contributed by atoms with Crippen molar-refractivity contribution in [3.63, 3.8) is 0 Å². The lowest BCUT2D eigenvalue weighted by atomic mass is 9.97. The summed E-state index contributed by atoms with van der Waals surface area (Å²) in [5.41, 5.74) is 3.25. The van der Waals surface area contributed by atoms with Crippen molar-refractivity contribution in [2.24, 2.45) is 5.92 Å². The molecule has 20 heavy (non-hydrogen) atoms. The Morgan fingerprint density at radius 1 is 1.40 bits per heavy atom. The van der Waals surface area contributed by atoms with Gasteiger partial charge in [-0.05, 0) is 48.6 Å². The van der Waals surface area contributed by atoms with E-state index in [9.17, 15) is 4.79 Å². The third-order valence-electron chi connectivity index (χ3n) is 3.92. The fourth-order valence-electron chi connectivity index (χ4n) is 2.58. The summed E-state index contributed by atoms with van der Waals surface area (Å²) in [6.45, 7) is 6.04. The number of carbonyl (C=O) groups is 1. The molecule has 3 N–H and O–H groups in total. The Morgan fingerprint density at radius 3 is 2.90 bits per heavy atom. The molecule has 0 spiro atoms. The summed E-state index contributed by atoms with van der Waals surface area (Å²) in [4.78, 5) is 12.3. The molecule has 1 aromatic rings. The zero-order valence-electron chi connectivity index (χ0n) is 12.3. The van der Waals surface area contributed by atoms with Crippen LogP contribution >= 0.6 is 0 Å². The number of carbonyl (C=O) groups excluding carboxylic acids is 1. The molecule has 0 bridgehead atoms. The number of amides is 1. The van der Waals surface area contributed by atoms with E-state index in [1.54, 1.807) is 0 Å². The first-order chi connectivity index (χ1) is 9.61. The van der Waals surface area contributed by atoms with Gasteiger partial charge in [0.25, 0.3) is 5.91 Å². The average molecular weight is 276 g/mol.